The Balaban J connectivity index is 2.08. The first kappa shape index (κ1) is 12.9. The number of nitrogens with one attached hydrogen (secondary N) is 1. The molecule has 1 heterocycles. The van der Waals surface area contributed by atoms with Gasteiger partial charge in [0.25, 0.3) is 0 Å². The Morgan fingerprint density at radius 2 is 1.80 bits per heavy atom. The number of anilines is 2. The van der Waals surface area contributed by atoms with E-state index in [4.69, 9.17) is 11.6 Å². The van der Waals surface area contributed by atoms with Crippen molar-refractivity contribution in [3.05, 3.63) is 64.8 Å². The minimum Gasteiger partial charge on any atom is -0.355 e. The van der Waals surface area contributed by atoms with Crippen molar-refractivity contribution in [3.8, 4) is 0 Å². The van der Waals surface area contributed by atoms with Gasteiger partial charge < -0.3 is 5.32 Å². The predicted molar refractivity (Wildman–Crippen MR) is 86.0 cm³/mol. The summed E-state index contributed by atoms with van der Waals surface area (Å²) < 4.78 is 0. The predicted octanol–water partition coefficient (Wildman–Crippen LogP) is 5.25. The number of pyridine rings is 1. The summed E-state index contributed by atoms with van der Waals surface area (Å²) in [6.45, 7) is 4.13. The molecule has 0 saturated heterocycles. The van der Waals surface area contributed by atoms with Crippen molar-refractivity contribution in [2.24, 2.45) is 0 Å². The number of fused-ring (bicyclic) bond motifs is 1. The van der Waals surface area contributed by atoms with Crippen molar-refractivity contribution < 1.29 is 0 Å². The molecule has 3 heteroatoms. The SMILES string of the molecule is Cc1ccc2nccc(Nc3ccc(Cl)cc3C)c2c1. The van der Waals surface area contributed by atoms with E-state index in [0.717, 1.165) is 32.9 Å². The summed E-state index contributed by atoms with van der Waals surface area (Å²) in [6.07, 6.45) is 1.82. The zero-order valence-electron chi connectivity index (χ0n) is 11.4. The quantitative estimate of drug-likeness (QED) is 0.694. The van der Waals surface area contributed by atoms with Crippen LogP contribution in [0.25, 0.3) is 10.9 Å². The van der Waals surface area contributed by atoms with Gasteiger partial charge in [0.15, 0.2) is 0 Å². The van der Waals surface area contributed by atoms with Crippen LogP contribution in [0.2, 0.25) is 5.02 Å². The number of benzene rings is 2. The van der Waals surface area contributed by atoms with E-state index in [0.29, 0.717) is 0 Å². The number of aryl methyl sites for hydroxylation is 2. The van der Waals surface area contributed by atoms with E-state index in [2.05, 4.69) is 29.4 Å². The van der Waals surface area contributed by atoms with Gasteiger partial charge in [-0.1, -0.05) is 23.2 Å². The van der Waals surface area contributed by atoms with Crippen LogP contribution in [0, 0.1) is 13.8 Å². The van der Waals surface area contributed by atoms with Gasteiger partial charge in [0.05, 0.1) is 5.52 Å². The van der Waals surface area contributed by atoms with Gasteiger partial charge >= 0.3 is 0 Å². The molecule has 0 spiro atoms. The van der Waals surface area contributed by atoms with Crippen molar-refractivity contribution in [3.63, 3.8) is 0 Å². The highest BCUT2D eigenvalue weighted by molar-refractivity contribution is 6.30. The molecule has 0 fully saturated rings. The summed E-state index contributed by atoms with van der Waals surface area (Å²) in [4.78, 5) is 4.40. The van der Waals surface area contributed by atoms with E-state index >= 15 is 0 Å². The minimum absolute atomic E-state index is 0.753. The molecule has 0 unspecified atom stereocenters. The van der Waals surface area contributed by atoms with Crippen LogP contribution >= 0.6 is 11.6 Å². The van der Waals surface area contributed by atoms with Gasteiger partial charge in [0, 0.05) is 28.0 Å². The summed E-state index contributed by atoms with van der Waals surface area (Å²) in [5.41, 5.74) is 5.45. The second kappa shape index (κ2) is 5.14. The lowest BCUT2D eigenvalue weighted by atomic mass is 10.1. The third-order valence-electron chi connectivity index (χ3n) is 3.35. The molecule has 0 aliphatic heterocycles. The maximum absolute atomic E-state index is 6.00. The van der Waals surface area contributed by atoms with Crippen molar-refractivity contribution in [1.82, 2.24) is 4.98 Å². The Labute approximate surface area is 123 Å². The molecule has 0 aliphatic rings. The summed E-state index contributed by atoms with van der Waals surface area (Å²) in [5, 5.41) is 5.35. The number of hydrogen-bond acceptors (Lipinski definition) is 2. The van der Waals surface area contributed by atoms with Gasteiger partial charge in [-0.2, -0.15) is 0 Å². The van der Waals surface area contributed by atoms with Crippen LogP contribution in [-0.4, -0.2) is 4.98 Å². The van der Waals surface area contributed by atoms with Gasteiger partial charge in [-0.25, -0.2) is 0 Å². The second-order valence-corrected chi connectivity index (χ2v) is 5.40. The van der Waals surface area contributed by atoms with E-state index in [9.17, 15) is 0 Å². The third kappa shape index (κ3) is 2.47. The normalized spacial score (nSPS) is 10.8. The lowest BCUT2D eigenvalue weighted by Crippen LogP contribution is -1.95. The van der Waals surface area contributed by atoms with Gasteiger partial charge in [-0.3, -0.25) is 4.98 Å². The third-order valence-corrected chi connectivity index (χ3v) is 3.59. The van der Waals surface area contributed by atoms with Gasteiger partial charge in [0.2, 0.25) is 0 Å². The van der Waals surface area contributed by atoms with Crippen molar-refractivity contribution in [2.45, 2.75) is 13.8 Å². The molecule has 3 aromatic rings. The Morgan fingerprint density at radius 1 is 0.950 bits per heavy atom. The summed E-state index contributed by atoms with van der Waals surface area (Å²) in [5.74, 6) is 0. The molecule has 20 heavy (non-hydrogen) atoms. The molecule has 2 aromatic carbocycles. The van der Waals surface area contributed by atoms with Crippen LogP contribution in [0.15, 0.2) is 48.7 Å². The Hall–Kier alpha value is -2.06. The van der Waals surface area contributed by atoms with Crippen molar-refractivity contribution in [2.75, 3.05) is 5.32 Å². The van der Waals surface area contributed by atoms with E-state index < -0.39 is 0 Å². The van der Waals surface area contributed by atoms with Crippen LogP contribution in [0.3, 0.4) is 0 Å². The molecule has 1 N–H and O–H groups in total. The number of hydrogen-bond donors (Lipinski definition) is 1. The average Bonchev–Trinajstić information content (AvgIpc) is 2.42. The molecule has 0 saturated carbocycles. The van der Waals surface area contributed by atoms with Crippen LogP contribution in [0.1, 0.15) is 11.1 Å². The highest BCUT2D eigenvalue weighted by Gasteiger charge is 2.05. The second-order valence-electron chi connectivity index (χ2n) is 4.96. The largest absolute Gasteiger partial charge is 0.355 e. The first-order chi connectivity index (χ1) is 9.63. The van der Waals surface area contributed by atoms with E-state index in [1.165, 1.54) is 5.56 Å². The topological polar surface area (TPSA) is 24.9 Å². The van der Waals surface area contributed by atoms with Crippen LogP contribution in [-0.2, 0) is 0 Å². The van der Waals surface area contributed by atoms with Crippen LogP contribution < -0.4 is 5.32 Å². The Morgan fingerprint density at radius 3 is 2.60 bits per heavy atom. The lowest BCUT2D eigenvalue weighted by Gasteiger charge is -2.12. The number of halogens is 1. The first-order valence-electron chi connectivity index (χ1n) is 6.52. The van der Waals surface area contributed by atoms with Crippen LogP contribution in [0.5, 0.6) is 0 Å². The summed E-state index contributed by atoms with van der Waals surface area (Å²) in [7, 11) is 0. The fourth-order valence-corrected chi connectivity index (χ4v) is 2.51. The van der Waals surface area contributed by atoms with Gasteiger partial charge in [0.1, 0.15) is 0 Å². The minimum atomic E-state index is 0.753. The Kier molecular flexibility index (Phi) is 3.33. The summed E-state index contributed by atoms with van der Waals surface area (Å²) >= 11 is 6.00. The van der Waals surface area contributed by atoms with Crippen molar-refractivity contribution >= 4 is 33.9 Å². The smallest absolute Gasteiger partial charge is 0.0723 e. The molecule has 0 radical (unpaired) electrons. The van der Waals surface area contributed by atoms with E-state index in [1.54, 1.807) is 0 Å². The zero-order chi connectivity index (χ0) is 14.1. The number of nitrogens with zero attached hydrogens (tertiary/aromatic N) is 1. The average molecular weight is 283 g/mol. The molecular formula is C17H15ClN2. The fourth-order valence-electron chi connectivity index (χ4n) is 2.28. The maximum atomic E-state index is 6.00. The lowest BCUT2D eigenvalue weighted by molar-refractivity contribution is 1.38. The molecular weight excluding hydrogens is 268 g/mol. The van der Waals surface area contributed by atoms with Gasteiger partial charge in [-0.05, 0) is 55.8 Å². The first-order valence-corrected chi connectivity index (χ1v) is 6.90. The molecule has 0 atom stereocenters. The fraction of sp³-hybridized carbons (Fsp3) is 0.118. The maximum Gasteiger partial charge on any atom is 0.0723 e. The molecule has 0 amide bonds. The van der Waals surface area contributed by atoms with Crippen LogP contribution in [0.4, 0.5) is 11.4 Å². The molecule has 2 nitrogen and oxygen atoms in total. The summed E-state index contributed by atoms with van der Waals surface area (Å²) in [6, 6.07) is 14.1. The van der Waals surface area contributed by atoms with E-state index in [-0.39, 0.29) is 0 Å². The molecule has 0 aliphatic carbocycles. The monoisotopic (exact) mass is 282 g/mol. The van der Waals surface area contributed by atoms with E-state index in [1.807, 2.05) is 43.5 Å². The zero-order valence-corrected chi connectivity index (χ0v) is 12.2. The Bertz CT molecular complexity index is 781. The standard InChI is InChI=1S/C17H15ClN2/c1-11-3-5-16-14(9-11)17(7-8-19-16)20-15-6-4-13(18)10-12(15)2/h3-10H,1-2H3,(H,19,20). The highest BCUT2D eigenvalue weighted by atomic mass is 35.5. The van der Waals surface area contributed by atoms with Crippen molar-refractivity contribution in [1.29, 1.82) is 0 Å². The van der Waals surface area contributed by atoms with Gasteiger partial charge in [-0.15, -0.1) is 0 Å². The molecule has 0 bridgehead atoms. The number of rotatable bonds is 2. The molecule has 100 valence electrons. The highest BCUT2D eigenvalue weighted by Crippen LogP contribution is 2.28. The number of aromatic nitrogens is 1. The molecule has 3 rings (SSSR count). The molecule has 1 aromatic heterocycles.